The number of amides is 1. The number of hydrogen-bond acceptors (Lipinski definition) is 1. The molecule has 0 saturated carbocycles. The Morgan fingerprint density at radius 2 is 1.81 bits per heavy atom. The minimum absolute atomic E-state index is 0.192. The molecule has 3 rings (SSSR count). The van der Waals surface area contributed by atoms with Crippen LogP contribution in [0.3, 0.4) is 0 Å². The maximum atomic E-state index is 12.2. The molecule has 21 heavy (non-hydrogen) atoms. The topological polar surface area (TPSA) is 44.9 Å². The third-order valence-electron chi connectivity index (χ3n) is 3.25. The first-order chi connectivity index (χ1) is 10.1. The fourth-order valence-corrected chi connectivity index (χ4v) is 2.59. The highest BCUT2D eigenvalue weighted by Gasteiger charge is 2.11. The molecule has 0 saturated heterocycles. The molecule has 106 valence electrons. The lowest BCUT2D eigenvalue weighted by Gasteiger charge is -2.05. The van der Waals surface area contributed by atoms with Crippen LogP contribution in [0.1, 0.15) is 16.1 Å². The number of halogens is 2. The van der Waals surface area contributed by atoms with Crippen molar-refractivity contribution >= 4 is 40.0 Å². The van der Waals surface area contributed by atoms with Gasteiger partial charge in [0.25, 0.3) is 5.91 Å². The molecule has 5 heteroatoms. The second-order valence-corrected chi connectivity index (χ2v) is 5.48. The molecule has 0 bridgehead atoms. The first kappa shape index (κ1) is 14.0. The van der Waals surface area contributed by atoms with E-state index in [0.717, 1.165) is 16.5 Å². The van der Waals surface area contributed by atoms with Gasteiger partial charge in [0.1, 0.15) is 5.69 Å². The summed E-state index contributed by atoms with van der Waals surface area (Å²) < 4.78 is 0. The van der Waals surface area contributed by atoms with Crippen LogP contribution in [0.2, 0.25) is 10.0 Å². The number of aromatic amines is 1. The third-order valence-corrected chi connectivity index (χ3v) is 3.93. The number of H-pyrrole nitrogens is 1. The average Bonchev–Trinajstić information content (AvgIpc) is 2.92. The van der Waals surface area contributed by atoms with Gasteiger partial charge in [0.15, 0.2) is 0 Å². The van der Waals surface area contributed by atoms with Crippen LogP contribution >= 0.6 is 23.2 Å². The Labute approximate surface area is 131 Å². The molecule has 0 aliphatic rings. The first-order valence-corrected chi connectivity index (χ1v) is 7.19. The molecular weight excluding hydrogens is 307 g/mol. The van der Waals surface area contributed by atoms with Crippen LogP contribution in [0.15, 0.2) is 48.5 Å². The number of fused-ring (bicyclic) bond motifs is 1. The number of benzene rings is 2. The van der Waals surface area contributed by atoms with E-state index >= 15 is 0 Å². The minimum Gasteiger partial charge on any atom is -0.349 e. The lowest BCUT2D eigenvalue weighted by molar-refractivity contribution is 0.0947. The lowest BCUT2D eigenvalue weighted by atomic mass is 10.2. The van der Waals surface area contributed by atoms with Crippen LogP contribution < -0.4 is 5.32 Å². The van der Waals surface area contributed by atoms with Gasteiger partial charge in [0, 0.05) is 17.0 Å². The highest BCUT2D eigenvalue weighted by Crippen LogP contribution is 2.23. The third kappa shape index (κ3) is 2.89. The van der Waals surface area contributed by atoms with Gasteiger partial charge in [-0.2, -0.15) is 0 Å². The van der Waals surface area contributed by atoms with Crippen molar-refractivity contribution < 1.29 is 4.79 Å². The Bertz CT molecular complexity index is 811. The molecule has 0 spiro atoms. The predicted octanol–water partition coefficient (Wildman–Crippen LogP) is 4.40. The zero-order valence-electron chi connectivity index (χ0n) is 11.0. The molecule has 1 amide bonds. The molecule has 0 unspecified atom stereocenters. The smallest absolute Gasteiger partial charge is 0.267 e. The SMILES string of the molecule is O=C(NCc1ccccc1Cl)c1cc2cccc(Cl)c2[nH]1. The molecule has 2 N–H and O–H groups in total. The van der Waals surface area contributed by atoms with Crippen LogP contribution in [0.4, 0.5) is 0 Å². The Hall–Kier alpha value is -1.97. The highest BCUT2D eigenvalue weighted by atomic mass is 35.5. The molecule has 0 aliphatic heterocycles. The second-order valence-electron chi connectivity index (χ2n) is 4.66. The highest BCUT2D eigenvalue weighted by molar-refractivity contribution is 6.35. The van der Waals surface area contributed by atoms with Gasteiger partial charge in [-0.05, 0) is 23.8 Å². The van der Waals surface area contributed by atoms with Gasteiger partial charge in [-0.3, -0.25) is 4.79 Å². The van der Waals surface area contributed by atoms with E-state index < -0.39 is 0 Å². The lowest BCUT2D eigenvalue weighted by Crippen LogP contribution is -2.23. The van der Waals surface area contributed by atoms with Crippen LogP contribution in [-0.2, 0) is 6.54 Å². The van der Waals surface area contributed by atoms with E-state index in [0.29, 0.717) is 22.3 Å². The molecule has 0 radical (unpaired) electrons. The fraction of sp³-hybridized carbons (Fsp3) is 0.0625. The minimum atomic E-state index is -0.192. The monoisotopic (exact) mass is 318 g/mol. The van der Waals surface area contributed by atoms with Crippen molar-refractivity contribution in [1.82, 2.24) is 10.3 Å². The maximum Gasteiger partial charge on any atom is 0.267 e. The van der Waals surface area contributed by atoms with Crippen LogP contribution in [0, 0.1) is 0 Å². The van der Waals surface area contributed by atoms with Crippen molar-refractivity contribution in [3.05, 3.63) is 69.8 Å². The van der Waals surface area contributed by atoms with Crippen LogP contribution in [0.25, 0.3) is 10.9 Å². The van der Waals surface area contributed by atoms with Gasteiger partial charge in [-0.15, -0.1) is 0 Å². The van der Waals surface area contributed by atoms with Crippen LogP contribution in [-0.4, -0.2) is 10.9 Å². The zero-order chi connectivity index (χ0) is 14.8. The fourth-order valence-electron chi connectivity index (χ4n) is 2.15. The summed E-state index contributed by atoms with van der Waals surface area (Å²) in [5.74, 6) is -0.192. The number of carbonyl (C=O) groups excluding carboxylic acids is 1. The van der Waals surface area contributed by atoms with E-state index in [9.17, 15) is 4.79 Å². The number of nitrogens with one attached hydrogen (secondary N) is 2. The van der Waals surface area contributed by atoms with E-state index in [4.69, 9.17) is 23.2 Å². The molecular formula is C16H12Cl2N2O. The summed E-state index contributed by atoms with van der Waals surface area (Å²) in [4.78, 5) is 15.2. The normalized spacial score (nSPS) is 10.8. The summed E-state index contributed by atoms with van der Waals surface area (Å²) in [6.07, 6.45) is 0. The van der Waals surface area contributed by atoms with Crippen molar-refractivity contribution in [2.45, 2.75) is 6.54 Å². The predicted molar refractivity (Wildman–Crippen MR) is 85.9 cm³/mol. The molecule has 1 aromatic heterocycles. The second kappa shape index (κ2) is 5.80. The summed E-state index contributed by atoms with van der Waals surface area (Å²) in [6, 6.07) is 14.7. The van der Waals surface area contributed by atoms with Gasteiger partial charge in [0.2, 0.25) is 0 Å². The molecule has 3 aromatic rings. The van der Waals surface area contributed by atoms with E-state index in [2.05, 4.69) is 10.3 Å². The molecule has 3 nitrogen and oxygen atoms in total. The molecule has 1 heterocycles. The van der Waals surface area contributed by atoms with E-state index in [1.54, 1.807) is 18.2 Å². The van der Waals surface area contributed by atoms with Gasteiger partial charge >= 0.3 is 0 Å². The van der Waals surface area contributed by atoms with Crippen molar-refractivity contribution in [3.8, 4) is 0 Å². The number of hydrogen-bond donors (Lipinski definition) is 2. The number of para-hydroxylation sites is 1. The first-order valence-electron chi connectivity index (χ1n) is 6.44. The van der Waals surface area contributed by atoms with Gasteiger partial charge < -0.3 is 10.3 Å². The number of aromatic nitrogens is 1. The Balaban J connectivity index is 1.78. The Morgan fingerprint density at radius 1 is 1.05 bits per heavy atom. The molecule has 0 atom stereocenters. The Kier molecular flexibility index (Phi) is 3.86. The van der Waals surface area contributed by atoms with E-state index in [1.807, 2.05) is 30.3 Å². The van der Waals surface area contributed by atoms with Gasteiger partial charge in [-0.1, -0.05) is 53.5 Å². The molecule has 2 aromatic carbocycles. The van der Waals surface area contributed by atoms with Gasteiger partial charge in [-0.25, -0.2) is 0 Å². The molecule has 0 fully saturated rings. The average molecular weight is 319 g/mol. The number of rotatable bonds is 3. The number of carbonyl (C=O) groups is 1. The van der Waals surface area contributed by atoms with E-state index in [1.165, 1.54) is 0 Å². The van der Waals surface area contributed by atoms with Crippen molar-refractivity contribution in [1.29, 1.82) is 0 Å². The molecule has 0 aliphatic carbocycles. The van der Waals surface area contributed by atoms with Crippen LogP contribution in [0.5, 0.6) is 0 Å². The summed E-state index contributed by atoms with van der Waals surface area (Å²) in [5, 5.41) is 4.98. The zero-order valence-corrected chi connectivity index (χ0v) is 12.5. The van der Waals surface area contributed by atoms with Crippen molar-refractivity contribution in [2.75, 3.05) is 0 Å². The Morgan fingerprint density at radius 3 is 2.57 bits per heavy atom. The van der Waals surface area contributed by atoms with E-state index in [-0.39, 0.29) is 5.91 Å². The van der Waals surface area contributed by atoms with Crippen molar-refractivity contribution in [3.63, 3.8) is 0 Å². The van der Waals surface area contributed by atoms with Crippen molar-refractivity contribution in [2.24, 2.45) is 0 Å². The summed E-state index contributed by atoms with van der Waals surface area (Å²) in [7, 11) is 0. The quantitative estimate of drug-likeness (QED) is 0.738. The largest absolute Gasteiger partial charge is 0.349 e. The summed E-state index contributed by atoms with van der Waals surface area (Å²) >= 11 is 12.2. The maximum absolute atomic E-state index is 12.2. The standard InChI is InChI=1S/C16H12Cl2N2O/c17-12-6-2-1-4-11(12)9-19-16(21)14-8-10-5-3-7-13(18)15(10)20-14/h1-8,20H,9H2,(H,19,21). The summed E-state index contributed by atoms with van der Waals surface area (Å²) in [5.41, 5.74) is 2.12. The van der Waals surface area contributed by atoms with Gasteiger partial charge in [0.05, 0.1) is 10.5 Å². The summed E-state index contributed by atoms with van der Waals surface area (Å²) in [6.45, 7) is 0.377.